The van der Waals surface area contributed by atoms with Gasteiger partial charge in [0.1, 0.15) is 11.8 Å². The molecule has 1 aromatic rings. The fraction of sp³-hybridized carbons (Fsp3) is 0.467. The van der Waals surface area contributed by atoms with Crippen LogP contribution in [0, 0.1) is 5.92 Å². The quantitative estimate of drug-likeness (QED) is 0.798. The van der Waals surface area contributed by atoms with Crippen LogP contribution in [0.5, 0.6) is 5.75 Å². The molecule has 0 saturated heterocycles. The van der Waals surface area contributed by atoms with Gasteiger partial charge >= 0.3 is 5.97 Å². The van der Waals surface area contributed by atoms with Crippen LogP contribution in [0.25, 0.3) is 0 Å². The van der Waals surface area contributed by atoms with Crippen LogP contribution in [-0.2, 0) is 16.0 Å². The first kappa shape index (κ1) is 16.0. The summed E-state index contributed by atoms with van der Waals surface area (Å²) >= 11 is 0. The lowest BCUT2D eigenvalue weighted by Gasteiger charge is -2.15. The monoisotopic (exact) mass is 279 g/mol. The smallest absolute Gasteiger partial charge is 0.326 e. The molecule has 1 amide bonds. The Morgan fingerprint density at radius 2 is 1.85 bits per heavy atom. The molecule has 0 bridgehead atoms. The van der Waals surface area contributed by atoms with Crippen LogP contribution < -0.4 is 10.1 Å². The number of aliphatic carboxylic acids is 1. The van der Waals surface area contributed by atoms with Gasteiger partial charge in [-0.25, -0.2) is 4.79 Å². The predicted octanol–water partition coefficient (Wildman–Crippen LogP) is 1.85. The number of amides is 1. The molecule has 5 nitrogen and oxygen atoms in total. The van der Waals surface area contributed by atoms with Gasteiger partial charge in [-0.3, -0.25) is 4.79 Å². The zero-order valence-corrected chi connectivity index (χ0v) is 12.1. The molecule has 0 aromatic heterocycles. The Balaban J connectivity index is 2.66. The van der Waals surface area contributed by atoms with Gasteiger partial charge in [-0.05, 0) is 23.6 Å². The van der Waals surface area contributed by atoms with Crippen molar-refractivity contribution in [1.29, 1.82) is 0 Å². The highest BCUT2D eigenvalue weighted by Crippen LogP contribution is 2.13. The third-order valence-electron chi connectivity index (χ3n) is 2.83. The summed E-state index contributed by atoms with van der Waals surface area (Å²) in [6.45, 7) is 3.83. The maximum Gasteiger partial charge on any atom is 0.326 e. The third-order valence-corrected chi connectivity index (χ3v) is 2.83. The number of carboxylic acids is 1. The second kappa shape index (κ2) is 7.53. The van der Waals surface area contributed by atoms with E-state index in [1.807, 2.05) is 13.8 Å². The fourth-order valence-corrected chi connectivity index (χ4v) is 1.82. The topological polar surface area (TPSA) is 75.6 Å². The Morgan fingerprint density at radius 1 is 1.25 bits per heavy atom. The number of carboxylic acid groups (broad SMARTS) is 1. The van der Waals surface area contributed by atoms with Crippen LogP contribution in [0.4, 0.5) is 0 Å². The van der Waals surface area contributed by atoms with Gasteiger partial charge in [-0.15, -0.1) is 0 Å². The number of rotatable bonds is 7. The van der Waals surface area contributed by atoms with E-state index in [0.717, 1.165) is 5.56 Å². The first-order valence-corrected chi connectivity index (χ1v) is 6.57. The highest BCUT2D eigenvalue weighted by atomic mass is 16.5. The van der Waals surface area contributed by atoms with Gasteiger partial charge < -0.3 is 15.2 Å². The van der Waals surface area contributed by atoms with Gasteiger partial charge in [0, 0.05) is 12.8 Å². The van der Waals surface area contributed by atoms with E-state index >= 15 is 0 Å². The predicted molar refractivity (Wildman–Crippen MR) is 75.7 cm³/mol. The maximum atomic E-state index is 11.7. The van der Waals surface area contributed by atoms with Crippen molar-refractivity contribution in [3.05, 3.63) is 29.8 Å². The molecule has 0 aliphatic rings. The van der Waals surface area contributed by atoms with E-state index in [4.69, 9.17) is 4.74 Å². The van der Waals surface area contributed by atoms with Gasteiger partial charge in [0.25, 0.3) is 0 Å². The van der Waals surface area contributed by atoms with Crippen LogP contribution in [0.15, 0.2) is 24.3 Å². The van der Waals surface area contributed by atoms with Crippen molar-refractivity contribution in [2.75, 3.05) is 7.11 Å². The summed E-state index contributed by atoms with van der Waals surface area (Å²) in [5.41, 5.74) is 0.836. The normalized spacial score (nSPS) is 12.0. The number of methoxy groups -OCH3 is 1. The Morgan fingerprint density at radius 3 is 2.30 bits per heavy atom. The molecular weight excluding hydrogens is 258 g/mol. The molecule has 0 spiro atoms. The van der Waals surface area contributed by atoms with Crippen LogP contribution in [-0.4, -0.2) is 30.1 Å². The zero-order chi connectivity index (χ0) is 15.1. The molecule has 0 radical (unpaired) electrons. The molecule has 1 atom stereocenters. The minimum Gasteiger partial charge on any atom is -0.497 e. The van der Waals surface area contributed by atoms with Crippen LogP contribution in [0.1, 0.15) is 25.8 Å². The molecule has 20 heavy (non-hydrogen) atoms. The van der Waals surface area contributed by atoms with E-state index < -0.39 is 12.0 Å². The van der Waals surface area contributed by atoms with E-state index in [2.05, 4.69) is 5.32 Å². The molecule has 0 saturated carbocycles. The second-order valence-electron chi connectivity index (χ2n) is 5.11. The molecule has 110 valence electrons. The molecule has 0 aliphatic heterocycles. The van der Waals surface area contributed by atoms with Gasteiger partial charge in [-0.2, -0.15) is 0 Å². The van der Waals surface area contributed by atoms with Crippen molar-refractivity contribution in [1.82, 2.24) is 5.32 Å². The second-order valence-corrected chi connectivity index (χ2v) is 5.11. The Labute approximate surface area is 118 Å². The first-order valence-electron chi connectivity index (χ1n) is 6.57. The lowest BCUT2D eigenvalue weighted by Crippen LogP contribution is -2.42. The molecule has 0 fully saturated rings. The minimum atomic E-state index is -1.03. The molecule has 5 heteroatoms. The van der Waals surface area contributed by atoms with Gasteiger partial charge in [0.2, 0.25) is 5.91 Å². The van der Waals surface area contributed by atoms with Crippen LogP contribution >= 0.6 is 0 Å². The lowest BCUT2D eigenvalue weighted by molar-refractivity contribution is -0.141. The minimum absolute atomic E-state index is 0.199. The maximum absolute atomic E-state index is 11.7. The highest BCUT2D eigenvalue weighted by molar-refractivity contribution is 5.83. The largest absolute Gasteiger partial charge is 0.497 e. The average Bonchev–Trinajstić information content (AvgIpc) is 2.37. The Hall–Kier alpha value is -2.04. The van der Waals surface area contributed by atoms with Crippen molar-refractivity contribution in [3.63, 3.8) is 0 Å². The molecule has 0 unspecified atom stereocenters. The number of hydrogen-bond donors (Lipinski definition) is 2. The molecule has 0 aliphatic carbocycles. The standard InChI is InChI=1S/C15H21NO4/c1-10(2)8-14(17)16-13(15(18)19)9-11-4-6-12(20-3)7-5-11/h4-7,10,13H,8-9H2,1-3H3,(H,16,17)(H,18,19)/t13-/m0/s1. The van der Waals surface area contributed by atoms with Crippen LogP contribution in [0.3, 0.4) is 0 Å². The third kappa shape index (κ3) is 5.30. The van der Waals surface area contributed by atoms with Crippen molar-refractivity contribution < 1.29 is 19.4 Å². The zero-order valence-electron chi connectivity index (χ0n) is 12.1. The van der Waals surface area contributed by atoms with Gasteiger partial charge in [0.15, 0.2) is 0 Å². The van der Waals surface area contributed by atoms with Crippen molar-refractivity contribution in [2.24, 2.45) is 5.92 Å². The molecule has 1 rings (SSSR count). The van der Waals surface area contributed by atoms with E-state index in [0.29, 0.717) is 12.2 Å². The van der Waals surface area contributed by atoms with Gasteiger partial charge in [0.05, 0.1) is 7.11 Å². The summed E-state index contributed by atoms with van der Waals surface area (Å²) in [4.78, 5) is 22.9. The van der Waals surface area contributed by atoms with E-state index in [1.54, 1.807) is 31.4 Å². The van der Waals surface area contributed by atoms with Crippen LogP contribution in [0.2, 0.25) is 0 Å². The molecule has 1 aromatic carbocycles. The number of carbonyl (C=O) groups excluding carboxylic acids is 1. The Bertz CT molecular complexity index is 453. The Kier molecular flexibility index (Phi) is 6.03. The SMILES string of the molecule is COc1ccc(C[C@H](NC(=O)CC(C)C)C(=O)O)cc1. The summed E-state index contributed by atoms with van der Waals surface area (Å²) in [5.74, 6) is -0.353. The van der Waals surface area contributed by atoms with E-state index in [1.165, 1.54) is 0 Å². The summed E-state index contributed by atoms with van der Waals surface area (Å²) < 4.78 is 5.04. The van der Waals surface area contributed by atoms with E-state index in [9.17, 15) is 14.7 Å². The average molecular weight is 279 g/mol. The van der Waals surface area contributed by atoms with Gasteiger partial charge in [-0.1, -0.05) is 26.0 Å². The lowest BCUT2D eigenvalue weighted by atomic mass is 10.0. The van der Waals surface area contributed by atoms with E-state index in [-0.39, 0.29) is 18.2 Å². The number of hydrogen-bond acceptors (Lipinski definition) is 3. The molecule has 0 heterocycles. The van der Waals surface area contributed by atoms with Crippen molar-refractivity contribution >= 4 is 11.9 Å². The number of benzene rings is 1. The number of ether oxygens (including phenoxy) is 1. The summed E-state index contributed by atoms with van der Waals surface area (Å²) in [6.07, 6.45) is 0.579. The summed E-state index contributed by atoms with van der Waals surface area (Å²) in [7, 11) is 1.57. The fourth-order valence-electron chi connectivity index (χ4n) is 1.82. The van der Waals surface area contributed by atoms with Crippen molar-refractivity contribution in [2.45, 2.75) is 32.7 Å². The number of carbonyl (C=O) groups is 2. The first-order chi connectivity index (χ1) is 9.42. The summed E-state index contributed by atoms with van der Waals surface area (Å²) in [6, 6.07) is 6.22. The molecular formula is C15H21NO4. The molecule has 2 N–H and O–H groups in total. The summed E-state index contributed by atoms with van der Waals surface area (Å²) in [5, 5.41) is 11.7. The highest BCUT2D eigenvalue weighted by Gasteiger charge is 2.20. The number of nitrogens with one attached hydrogen (secondary N) is 1. The van der Waals surface area contributed by atoms with Crippen molar-refractivity contribution in [3.8, 4) is 5.75 Å².